The van der Waals surface area contributed by atoms with Crippen LogP contribution in [0.25, 0.3) is 22.0 Å². The fourth-order valence-electron chi connectivity index (χ4n) is 7.10. The van der Waals surface area contributed by atoms with Crippen LogP contribution in [-0.4, -0.2) is 59.3 Å². The quantitative estimate of drug-likeness (QED) is 0.0698. The summed E-state index contributed by atoms with van der Waals surface area (Å²) in [6.07, 6.45) is 0.119. The lowest BCUT2D eigenvalue weighted by molar-refractivity contribution is -0.116. The van der Waals surface area contributed by atoms with Gasteiger partial charge in [0.05, 0.1) is 28.0 Å². The van der Waals surface area contributed by atoms with E-state index in [0.717, 1.165) is 22.3 Å². The van der Waals surface area contributed by atoms with E-state index >= 15 is 0 Å². The van der Waals surface area contributed by atoms with Gasteiger partial charge in [0.15, 0.2) is 0 Å². The van der Waals surface area contributed by atoms with Crippen LogP contribution in [0, 0.1) is 0 Å². The summed E-state index contributed by atoms with van der Waals surface area (Å²) in [5.41, 5.74) is 5.97. The number of carbonyl (C=O) groups is 2. The number of piperidine rings is 1. The number of H-pyrrole nitrogens is 1. The zero-order valence-corrected chi connectivity index (χ0v) is 32.7. The number of likely N-dealkylation sites (tertiary alicyclic amines) is 1. The number of rotatable bonds is 15. The molecule has 0 spiro atoms. The number of carbonyl (C=O) groups excluding carboxylic acids is 2. The van der Waals surface area contributed by atoms with E-state index in [1.807, 2.05) is 97.1 Å². The second-order valence-corrected chi connectivity index (χ2v) is 14.7. The topological polar surface area (TPSA) is 145 Å². The Morgan fingerprint density at radius 1 is 0.828 bits per heavy atom. The number of para-hydroxylation sites is 1. The number of hydrogen-bond donors (Lipinski definition) is 5. The summed E-state index contributed by atoms with van der Waals surface area (Å²) in [6.45, 7) is 3.02. The molecular weight excluding hydrogens is 754 g/mol. The van der Waals surface area contributed by atoms with Gasteiger partial charge in [-0.05, 0) is 65.4 Å². The van der Waals surface area contributed by atoms with Crippen LogP contribution in [0.15, 0.2) is 132 Å². The Hall–Kier alpha value is -5.98. The minimum absolute atomic E-state index is 0.143. The highest BCUT2D eigenvalue weighted by Gasteiger charge is 2.23. The zero-order chi connectivity index (χ0) is 40.3. The minimum Gasteiger partial charge on any atom is -0.487 e. The van der Waals surface area contributed by atoms with Crippen molar-refractivity contribution in [1.29, 1.82) is 0 Å². The number of fused-ring (bicyclic) bond motifs is 1. The highest BCUT2D eigenvalue weighted by atomic mass is 35.5. The molecule has 1 unspecified atom stereocenters. The van der Waals surface area contributed by atoms with E-state index in [-0.39, 0.29) is 24.1 Å². The predicted molar refractivity (Wildman–Crippen MR) is 228 cm³/mol. The average molecular weight is 800 g/mol. The Kier molecular flexibility index (Phi) is 13.5. The number of ether oxygens (including phenoxy) is 2. The van der Waals surface area contributed by atoms with E-state index in [9.17, 15) is 19.5 Å². The molecule has 11 nitrogen and oxygen atoms in total. The third kappa shape index (κ3) is 10.7. The summed E-state index contributed by atoms with van der Waals surface area (Å²) >= 11 is 6.58. The van der Waals surface area contributed by atoms with Crippen molar-refractivity contribution in [3.8, 4) is 16.9 Å². The number of aliphatic hydroxyl groups excluding tert-OH is 1. The first-order valence-corrected chi connectivity index (χ1v) is 19.8. The number of aromatic amines is 1. The maximum absolute atomic E-state index is 12.9. The standard InChI is InChI=1S/C46H46ClN5O6/c47-38-27-32(28-48-29-41(53)36-16-19-42(45-37(36)17-20-43(54)51-45)57-30-31-9-3-1-4-10-31)15-18-40(38)49-44(55)23-26-52-24-21-34(22-25-52)58-46(56)50-39-14-8-7-13-35(39)33-11-5-2-6-12-33/h1-20,27,34,41,48,53H,21-26,28-30H2,(H,49,55)(H,50,56)(H,51,54). The maximum Gasteiger partial charge on any atom is 0.411 e. The Labute approximate surface area is 342 Å². The van der Waals surface area contributed by atoms with Gasteiger partial charge >= 0.3 is 6.09 Å². The summed E-state index contributed by atoms with van der Waals surface area (Å²) in [7, 11) is 0. The van der Waals surface area contributed by atoms with Crippen LogP contribution in [0.2, 0.25) is 5.02 Å². The number of anilines is 2. The molecule has 1 atom stereocenters. The highest BCUT2D eigenvalue weighted by molar-refractivity contribution is 6.33. The molecule has 6 aromatic rings. The number of aliphatic hydroxyl groups is 1. The molecule has 5 N–H and O–H groups in total. The molecule has 1 saturated heterocycles. The van der Waals surface area contributed by atoms with Crippen LogP contribution in [0.4, 0.5) is 16.2 Å². The number of amides is 2. The van der Waals surface area contributed by atoms with Crippen molar-refractivity contribution >= 4 is 45.9 Å². The molecule has 0 radical (unpaired) electrons. The number of aromatic nitrogens is 1. The van der Waals surface area contributed by atoms with E-state index in [2.05, 4.69) is 25.8 Å². The molecule has 1 fully saturated rings. The van der Waals surface area contributed by atoms with Crippen LogP contribution < -0.4 is 26.2 Å². The first-order chi connectivity index (χ1) is 28.3. The summed E-state index contributed by atoms with van der Waals surface area (Å²) in [5, 5.41) is 21.4. The number of nitrogens with zero attached hydrogens (tertiary/aromatic N) is 1. The van der Waals surface area contributed by atoms with Gasteiger partial charge in [0.2, 0.25) is 11.5 Å². The number of nitrogens with one attached hydrogen (secondary N) is 4. The average Bonchev–Trinajstić information content (AvgIpc) is 3.24. The van der Waals surface area contributed by atoms with Gasteiger partial charge in [-0.15, -0.1) is 0 Å². The van der Waals surface area contributed by atoms with Crippen molar-refractivity contribution < 1.29 is 24.2 Å². The predicted octanol–water partition coefficient (Wildman–Crippen LogP) is 8.29. The number of halogens is 1. The van der Waals surface area contributed by atoms with E-state index in [4.69, 9.17) is 21.1 Å². The Balaban J connectivity index is 0.831. The third-order valence-electron chi connectivity index (χ3n) is 10.2. The fraction of sp³-hybridized carbons (Fsp3) is 0.239. The summed E-state index contributed by atoms with van der Waals surface area (Å²) in [6, 6.07) is 39.4. The lowest BCUT2D eigenvalue weighted by atomic mass is 10.0. The molecule has 5 aromatic carbocycles. The fourth-order valence-corrected chi connectivity index (χ4v) is 7.35. The molecule has 0 bridgehead atoms. The van der Waals surface area contributed by atoms with Crippen molar-refractivity contribution in [2.24, 2.45) is 0 Å². The second kappa shape index (κ2) is 19.4. The van der Waals surface area contributed by atoms with Gasteiger partial charge in [-0.25, -0.2) is 4.79 Å². The van der Waals surface area contributed by atoms with Gasteiger partial charge in [-0.2, -0.15) is 0 Å². The number of benzene rings is 5. The molecule has 0 saturated carbocycles. The van der Waals surface area contributed by atoms with Crippen molar-refractivity contribution in [2.45, 2.75) is 44.6 Å². The molecule has 0 aliphatic carbocycles. The van der Waals surface area contributed by atoms with E-state index in [0.29, 0.717) is 90.7 Å². The van der Waals surface area contributed by atoms with Crippen molar-refractivity contribution in [1.82, 2.24) is 15.2 Å². The van der Waals surface area contributed by atoms with Gasteiger partial charge in [-0.3, -0.25) is 14.9 Å². The monoisotopic (exact) mass is 799 g/mol. The molecule has 12 heteroatoms. The Morgan fingerprint density at radius 2 is 1.57 bits per heavy atom. The molecule has 58 heavy (non-hydrogen) atoms. The summed E-state index contributed by atoms with van der Waals surface area (Å²) < 4.78 is 11.8. The maximum atomic E-state index is 12.9. The highest BCUT2D eigenvalue weighted by Crippen LogP contribution is 2.31. The lowest BCUT2D eigenvalue weighted by Crippen LogP contribution is -2.39. The molecular formula is C46H46ClN5O6. The minimum atomic E-state index is -0.864. The molecule has 2 heterocycles. The van der Waals surface area contributed by atoms with Gasteiger partial charge in [0.25, 0.3) is 0 Å². The van der Waals surface area contributed by atoms with E-state index in [1.54, 1.807) is 24.3 Å². The van der Waals surface area contributed by atoms with Crippen molar-refractivity contribution in [3.63, 3.8) is 0 Å². The molecule has 298 valence electrons. The lowest BCUT2D eigenvalue weighted by Gasteiger charge is -2.31. The van der Waals surface area contributed by atoms with Crippen LogP contribution >= 0.6 is 11.6 Å². The van der Waals surface area contributed by atoms with Crippen molar-refractivity contribution in [2.75, 3.05) is 36.8 Å². The molecule has 1 aromatic heterocycles. The van der Waals surface area contributed by atoms with Crippen LogP contribution in [0.1, 0.15) is 42.1 Å². The summed E-state index contributed by atoms with van der Waals surface area (Å²) in [4.78, 5) is 42.9. The van der Waals surface area contributed by atoms with Crippen LogP contribution in [-0.2, 0) is 22.7 Å². The summed E-state index contributed by atoms with van der Waals surface area (Å²) in [5.74, 6) is 0.383. The van der Waals surface area contributed by atoms with Gasteiger partial charge in [0, 0.05) is 56.2 Å². The third-order valence-corrected chi connectivity index (χ3v) is 10.5. The molecule has 2 amide bonds. The smallest absolute Gasteiger partial charge is 0.411 e. The zero-order valence-electron chi connectivity index (χ0n) is 32.0. The number of pyridine rings is 1. The molecule has 7 rings (SSSR count). The van der Waals surface area contributed by atoms with E-state index in [1.165, 1.54) is 6.07 Å². The Morgan fingerprint density at radius 3 is 2.34 bits per heavy atom. The van der Waals surface area contributed by atoms with E-state index < -0.39 is 12.2 Å². The van der Waals surface area contributed by atoms with Gasteiger partial charge < -0.3 is 35.1 Å². The van der Waals surface area contributed by atoms with Gasteiger partial charge in [0.1, 0.15) is 18.5 Å². The first kappa shape index (κ1) is 40.2. The van der Waals surface area contributed by atoms with Gasteiger partial charge in [-0.1, -0.05) is 103 Å². The van der Waals surface area contributed by atoms with Crippen molar-refractivity contribution in [3.05, 3.63) is 159 Å². The number of hydrogen-bond acceptors (Lipinski definition) is 8. The normalized spacial score (nSPS) is 13.8. The second-order valence-electron chi connectivity index (χ2n) is 14.3. The first-order valence-electron chi connectivity index (χ1n) is 19.4. The van der Waals surface area contributed by atoms with Crippen LogP contribution in [0.5, 0.6) is 5.75 Å². The van der Waals surface area contributed by atoms with Crippen LogP contribution in [0.3, 0.4) is 0 Å². The molecule has 1 aliphatic rings. The largest absolute Gasteiger partial charge is 0.487 e. The Bertz CT molecular complexity index is 2380. The SMILES string of the molecule is O=C(CCN1CCC(OC(=O)Nc2ccccc2-c2ccccc2)CC1)Nc1ccc(CNCC(O)c2ccc(OCc3ccccc3)c3[nH]c(=O)ccc23)cc1Cl. The molecule has 1 aliphatic heterocycles.